The van der Waals surface area contributed by atoms with E-state index in [1.165, 1.54) is 20.0 Å². The molecule has 2 rings (SSSR count). The first-order valence-corrected chi connectivity index (χ1v) is 9.60. The Morgan fingerprint density at radius 2 is 2.15 bits per heavy atom. The lowest BCUT2D eigenvalue weighted by Crippen LogP contribution is -2.38. The number of methoxy groups -OCH3 is 1. The van der Waals surface area contributed by atoms with Crippen LogP contribution in [0, 0.1) is 24.7 Å². The third-order valence-electron chi connectivity index (χ3n) is 5.29. The molecule has 152 valence electrons. The van der Waals surface area contributed by atoms with Gasteiger partial charge in [-0.3, -0.25) is 9.59 Å². The van der Waals surface area contributed by atoms with Crippen LogP contribution in [-0.4, -0.2) is 38.6 Å². The second-order valence-corrected chi connectivity index (χ2v) is 7.51. The molecule has 1 saturated heterocycles. The quantitative estimate of drug-likeness (QED) is 0.663. The maximum atomic E-state index is 12.3. The Bertz CT molecular complexity index is 603. The zero-order valence-corrected chi connectivity index (χ0v) is 17.4. The van der Waals surface area contributed by atoms with Crippen molar-refractivity contribution in [2.75, 3.05) is 26.7 Å². The van der Waals surface area contributed by atoms with Crippen molar-refractivity contribution < 1.29 is 14.3 Å². The summed E-state index contributed by atoms with van der Waals surface area (Å²) in [7, 11) is 1.39. The molecule has 1 amide bonds. The third kappa shape index (κ3) is 7.89. The highest BCUT2D eigenvalue weighted by Crippen LogP contribution is 2.22. The van der Waals surface area contributed by atoms with Crippen molar-refractivity contribution in [3.05, 3.63) is 35.4 Å². The first-order chi connectivity index (χ1) is 12.5. The van der Waals surface area contributed by atoms with Crippen LogP contribution in [0.5, 0.6) is 0 Å². The zero-order valence-electron chi connectivity index (χ0n) is 16.6. The topological polar surface area (TPSA) is 67.4 Å². The molecular weight excluding hydrogens is 364 g/mol. The van der Waals surface area contributed by atoms with Crippen molar-refractivity contribution in [2.45, 2.75) is 39.5 Å². The monoisotopic (exact) mass is 396 g/mol. The lowest BCUT2D eigenvalue weighted by atomic mass is 9.85. The van der Waals surface area contributed by atoms with E-state index in [0.717, 1.165) is 24.2 Å². The Hall–Kier alpha value is -1.59. The second kappa shape index (κ2) is 12.0. The highest BCUT2D eigenvalue weighted by atomic mass is 35.5. The van der Waals surface area contributed by atoms with Gasteiger partial charge in [0.15, 0.2) is 0 Å². The molecule has 0 spiro atoms. The second-order valence-electron chi connectivity index (χ2n) is 7.51. The number of esters is 1. The normalized spacial score (nSPS) is 18.7. The van der Waals surface area contributed by atoms with E-state index in [2.05, 4.69) is 23.6 Å². The third-order valence-corrected chi connectivity index (χ3v) is 5.29. The van der Waals surface area contributed by atoms with Gasteiger partial charge in [-0.1, -0.05) is 36.8 Å². The van der Waals surface area contributed by atoms with Crippen molar-refractivity contribution >= 4 is 24.3 Å². The fourth-order valence-corrected chi connectivity index (χ4v) is 3.66. The Morgan fingerprint density at radius 1 is 1.37 bits per heavy atom. The van der Waals surface area contributed by atoms with Crippen LogP contribution in [0.2, 0.25) is 0 Å². The average Bonchev–Trinajstić information content (AvgIpc) is 2.65. The molecule has 2 N–H and O–H groups in total. The summed E-state index contributed by atoms with van der Waals surface area (Å²) in [4.78, 5) is 24.4. The van der Waals surface area contributed by atoms with E-state index in [1.807, 2.05) is 25.1 Å². The summed E-state index contributed by atoms with van der Waals surface area (Å²) in [6.07, 6.45) is 3.43. The number of aryl methyl sites for hydroxylation is 1. The molecule has 6 heteroatoms. The first-order valence-electron chi connectivity index (χ1n) is 9.60. The van der Waals surface area contributed by atoms with Crippen LogP contribution in [0.3, 0.4) is 0 Å². The molecule has 0 aliphatic carbocycles. The number of benzene rings is 1. The molecular formula is C21H33ClN2O3. The number of ether oxygens (including phenoxy) is 1. The molecule has 0 aromatic heterocycles. The van der Waals surface area contributed by atoms with Gasteiger partial charge < -0.3 is 15.4 Å². The van der Waals surface area contributed by atoms with E-state index in [4.69, 9.17) is 4.74 Å². The van der Waals surface area contributed by atoms with Crippen LogP contribution in [0.1, 0.15) is 37.3 Å². The SMILES string of the molecule is COC(=O)C(CNC(=O)CC(C)C1CCCNC1)Cc1cccc(C)c1.Cl. The van der Waals surface area contributed by atoms with E-state index in [-0.39, 0.29) is 30.2 Å². The molecule has 0 radical (unpaired) electrons. The summed E-state index contributed by atoms with van der Waals surface area (Å²) in [6, 6.07) is 8.08. The number of carbonyl (C=O) groups excluding carboxylic acids is 2. The number of nitrogens with one attached hydrogen (secondary N) is 2. The molecule has 1 aliphatic rings. The summed E-state index contributed by atoms with van der Waals surface area (Å²) < 4.78 is 4.92. The van der Waals surface area contributed by atoms with E-state index >= 15 is 0 Å². The molecule has 3 unspecified atom stereocenters. The van der Waals surface area contributed by atoms with Crippen LogP contribution in [0.15, 0.2) is 24.3 Å². The molecule has 0 bridgehead atoms. The Morgan fingerprint density at radius 3 is 2.78 bits per heavy atom. The molecule has 0 saturated carbocycles. The molecule has 1 aromatic rings. The lowest BCUT2D eigenvalue weighted by molar-refractivity contribution is -0.145. The van der Waals surface area contributed by atoms with Gasteiger partial charge in [-0.05, 0) is 56.7 Å². The molecule has 1 aromatic carbocycles. The fraction of sp³-hybridized carbons (Fsp3) is 0.619. The van der Waals surface area contributed by atoms with Crippen molar-refractivity contribution in [1.82, 2.24) is 10.6 Å². The fourth-order valence-electron chi connectivity index (χ4n) is 3.66. The largest absolute Gasteiger partial charge is 0.469 e. The number of hydrogen-bond acceptors (Lipinski definition) is 4. The van der Waals surface area contributed by atoms with Crippen molar-refractivity contribution in [1.29, 1.82) is 0 Å². The van der Waals surface area contributed by atoms with Gasteiger partial charge in [0, 0.05) is 13.0 Å². The summed E-state index contributed by atoms with van der Waals surface area (Å²) in [5.74, 6) is 0.268. The van der Waals surface area contributed by atoms with Gasteiger partial charge in [0.25, 0.3) is 0 Å². The number of hydrogen-bond donors (Lipinski definition) is 2. The number of piperidine rings is 1. The Labute approximate surface area is 169 Å². The lowest BCUT2D eigenvalue weighted by Gasteiger charge is -2.28. The predicted octanol–water partition coefficient (Wildman–Crippen LogP) is 2.89. The number of halogens is 1. The van der Waals surface area contributed by atoms with E-state index in [9.17, 15) is 9.59 Å². The van der Waals surface area contributed by atoms with E-state index in [0.29, 0.717) is 31.2 Å². The smallest absolute Gasteiger partial charge is 0.310 e. The van der Waals surface area contributed by atoms with Crippen LogP contribution in [-0.2, 0) is 20.7 Å². The number of carbonyl (C=O) groups is 2. The van der Waals surface area contributed by atoms with Gasteiger partial charge in [-0.2, -0.15) is 0 Å². The van der Waals surface area contributed by atoms with Crippen LogP contribution in [0.4, 0.5) is 0 Å². The molecule has 1 aliphatic heterocycles. The summed E-state index contributed by atoms with van der Waals surface area (Å²) >= 11 is 0. The van der Waals surface area contributed by atoms with Crippen molar-refractivity contribution in [3.8, 4) is 0 Å². The number of rotatable bonds is 8. The molecule has 1 heterocycles. The van der Waals surface area contributed by atoms with Crippen molar-refractivity contribution in [2.24, 2.45) is 17.8 Å². The summed E-state index contributed by atoms with van der Waals surface area (Å²) in [5, 5.41) is 6.34. The van der Waals surface area contributed by atoms with Crippen LogP contribution in [0.25, 0.3) is 0 Å². The Kier molecular flexibility index (Phi) is 10.4. The standard InChI is InChI=1S/C21H32N2O3.ClH/c1-15-6-4-7-17(10-15)12-19(21(25)26-3)14-23-20(24)11-16(2)18-8-5-9-22-13-18;/h4,6-7,10,16,18-19,22H,5,8-9,11-14H2,1-3H3,(H,23,24);1H. The summed E-state index contributed by atoms with van der Waals surface area (Å²) in [6.45, 7) is 6.55. The van der Waals surface area contributed by atoms with Crippen LogP contribution < -0.4 is 10.6 Å². The first kappa shape index (κ1) is 23.4. The average molecular weight is 397 g/mol. The molecule has 5 nitrogen and oxygen atoms in total. The minimum absolute atomic E-state index is 0. The highest BCUT2D eigenvalue weighted by Gasteiger charge is 2.24. The predicted molar refractivity (Wildman–Crippen MR) is 110 cm³/mol. The Balaban J connectivity index is 0.00000364. The molecule has 3 atom stereocenters. The summed E-state index contributed by atoms with van der Waals surface area (Å²) in [5.41, 5.74) is 2.24. The van der Waals surface area contributed by atoms with Gasteiger partial charge in [-0.25, -0.2) is 0 Å². The van der Waals surface area contributed by atoms with E-state index in [1.54, 1.807) is 0 Å². The molecule has 1 fully saturated rings. The van der Waals surface area contributed by atoms with E-state index < -0.39 is 0 Å². The maximum Gasteiger partial charge on any atom is 0.310 e. The van der Waals surface area contributed by atoms with Crippen molar-refractivity contribution in [3.63, 3.8) is 0 Å². The van der Waals surface area contributed by atoms with Gasteiger partial charge in [0.2, 0.25) is 5.91 Å². The van der Waals surface area contributed by atoms with Gasteiger partial charge >= 0.3 is 5.97 Å². The number of amides is 1. The minimum atomic E-state index is -0.364. The minimum Gasteiger partial charge on any atom is -0.469 e. The maximum absolute atomic E-state index is 12.3. The zero-order chi connectivity index (χ0) is 18.9. The van der Waals surface area contributed by atoms with Crippen LogP contribution >= 0.6 is 12.4 Å². The highest BCUT2D eigenvalue weighted by molar-refractivity contribution is 5.85. The molecule has 27 heavy (non-hydrogen) atoms. The van der Waals surface area contributed by atoms with Gasteiger partial charge in [0.1, 0.15) is 0 Å². The van der Waals surface area contributed by atoms with Gasteiger partial charge in [-0.15, -0.1) is 12.4 Å². The van der Waals surface area contributed by atoms with Gasteiger partial charge in [0.05, 0.1) is 13.0 Å².